The third-order valence-corrected chi connectivity index (χ3v) is 13.6. The minimum absolute atomic E-state index is 0.0387. The first kappa shape index (κ1) is 43.3. The second kappa shape index (κ2) is 16.7. The summed E-state index contributed by atoms with van der Waals surface area (Å²) in [4.78, 5) is 61.6. The van der Waals surface area contributed by atoms with Crippen molar-refractivity contribution in [1.82, 2.24) is 24.8 Å². The molecular weight excluding hydrogens is 807 g/mol. The molecule has 0 bridgehead atoms. The average molecular weight is 856 g/mol. The van der Waals surface area contributed by atoms with Crippen LogP contribution >= 0.6 is 11.6 Å². The second-order valence-corrected chi connectivity index (χ2v) is 18.4. The zero-order chi connectivity index (χ0) is 42.3. The molecule has 1 aromatic carbocycles. The largest absolute Gasteiger partial charge is 0.478 e. The lowest BCUT2D eigenvalue weighted by molar-refractivity contribution is -0.184. The fourth-order valence-electron chi connectivity index (χ4n) is 8.07. The van der Waals surface area contributed by atoms with Gasteiger partial charge in [-0.3, -0.25) is 24.0 Å². The summed E-state index contributed by atoms with van der Waals surface area (Å²) < 4.78 is 83.1. The molecule has 2 aliphatic carbocycles. The summed E-state index contributed by atoms with van der Waals surface area (Å²) in [5.41, 5.74) is -1.71. The van der Waals surface area contributed by atoms with Crippen LogP contribution in [0.1, 0.15) is 79.1 Å². The van der Waals surface area contributed by atoms with E-state index in [1.807, 2.05) is 13.8 Å². The average Bonchev–Trinajstić information content (AvgIpc) is 4.07. The number of alkyl halides is 3. The first-order chi connectivity index (χ1) is 27.3. The summed E-state index contributed by atoms with van der Waals surface area (Å²) in [6, 6.07) is 0.695. The normalized spacial score (nSPS) is 29.2. The summed E-state index contributed by atoms with van der Waals surface area (Å²) >= 11 is 6.53. The summed E-state index contributed by atoms with van der Waals surface area (Å²) in [5.74, 6) is -4.40. The van der Waals surface area contributed by atoms with Gasteiger partial charge in [0, 0.05) is 34.2 Å². The predicted molar refractivity (Wildman–Crippen MR) is 207 cm³/mol. The molecule has 4 aliphatic rings. The molecule has 0 radical (unpaired) electrons. The van der Waals surface area contributed by atoms with Crippen LogP contribution in [-0.4, -0.2) is 106 Å². The maximum Gasteiger partial charge on any atom is 0.408 e. The molecule has 4 amide bonds. The van der Waals surface area contributed by atoms with Gasteiger partial charge in [-0.25, -0.2) is 13.2 Å². The molecule has 58 heavy (non-hydrogen) atoms. The van der Waals surface area contributed by atoms with Gasteiger partial charge >= 0.3 is 12.3 Å². The molecular formula is C39H49ClF3N5O9S. The Labute approximate surface area is 339 Å². The van der Waals surface area contributed by atoms with Crippen molar-refractivity contribution in [2.24, 2.45) is 17.8 Å². The molecule has 3 N–H and O–H groups in total. The number of carbonyl (C=O) groups is 4. The molecule has 0 unspecified atom stereocenters. The highest BCUT2D eigenvalue weighted by atomic mass is 35.5. The molecule has 3 heterocycles. The summed E-state index contributed by atoms with van der Waals surface area (Å²) in [6.07, 6.45) is -2.15. The standard InChI is InChI=1S/C39H49ClF3N5O9S/c1-5-15-56-31-18-28-27(11-8-12-29(28)40)34(44-31)57-25-17-30-33(49)45-38(36(51)46-58(54,55)26-13-14-26)19-24(38)10-7-6-9-21(2)16-22(3)32(35(50)47(30)20-25)48(37(52)53)23(4)39(41,42)43/h7-8,10-12,18,21-26,30,32H,5-6,9,13-17,19-20H2,1-4H3,(H,45,49)(H,46,51)(H,52,53)/b10-7-/t21-,22-,23-,24-,25-,30+,32+,38-/m1/s1. The van der Waals surface area contributed by atoms with Crippen LogP contribution in [0.3, 0.4) is 0 Å². The number of nitrogens with zero attached hydrogens (tertiary/aromatic N) is 3. The van der Waals surface area contributed by atoms with E-state index in [1.54, 1.807) is 36.4 Å². The highest BCUT2D eigenvalue weighted by molar-refractivity contribution is 7.91. The number of aromatic nitrogens is 1. The third-order valence-electron chi connectivity index (χ3n) is 11.5. The van der Waals surface area contributed by atoms with Crippen molar-refractivity contribution in [1.29, 1.82) is 0 Å². The molecule has 3 fully saturated rings. The van der Waals surface area contributed by atoms with Crippen molar-refractivity contribution >= 4 is 56.2 Å². The van der Waals surface area contributed by atoms with Gasteiger partial charge in [0.15, 0.2) is 0 Å². The lowest BCUT2D eigenvalue weighted by Crippen LogP contribution is -2.62. The third kappa shape index (κ3) is 9.11. The van der Waals surface area contributed by atoms with Crippen LogP contribution in [0.15, 0.2) is 36.4 Å². The quantitative estimate of drug-likeness (QED) is 0.246. The van der Waals surface area contributed by atoms with Crippen LogP contribution in [0.25, 0.3) is 10.8 Å². The van der Waals surface area contributed by atoms with E-state index >= 15 is 0 Å². The molecule has 14 nitrogen and oxygen atoms in total. The predicted octanol–water partition coefficient (Wildman–Crippen LogP) is 5.82. The van der Waals surface area contributed by atoms with Crippen molar-refractivity contribution in [3.63, 3.8) is 0 Å². The first-order valence-electron chi connectivity index (χ1n) is 19.6. The lowest BCUT2D eigenvalue weighted by atomic mass is 9.86. The van der Waals surface area contributed by atoms with Crippen molar-refractivity contribution in [3.05, 3.63) is 41.4 Å². The van der Waals surface area contributed by atoms with Gasteiger partial charge in [-0.05, 0) is 75.8 Å². The number of nitrogens with one attached hydrogen (secondary N) is 2. The van der Waals surface area contributed by atoms with Gasteiger partial charge in [-0.1, -0.05) is 50.6 Å². The maximum absolute atomic E-state index is 14.9. The maximum atomic E-state index is 14.9. The lowest BCUT2D eigenvalue weighted by Gasteiger charge is -2.40. The zero-order valence-electron chi connectivity index (χ0n) is 32.6. The van der Waals surface area contributed by atoms with E-state index < -0.39 is 86.9 Å². The Morgan fingerprint density at radius 2 is 1.90 bits per heavy atom. The fraction of sp³-hybridized carbons (Fsp3) is 0.615. The monoisotopic (exact) mass is 855 g/mol. The van der Waals surface area contributed by atoms with Crippen molar-refractivity contribution in [2.75, 3.05) is 13.2 Å². The second-order valence-electron chi connectivity index (χ2n) is 16.1. The fourth-order valence-corrected chi connectivity index (χ4v) is 9.66. The number of allylic oxidation sites excluding steroid dienone is 1. The number of carboxylic acid groups (broad SMARTS) is 1. The molecule has 0 spiro atoms. The molecule has 19 heteroatoms. The zero-order valence-corrected chi connectivity index (χ0v) is 34.2. The number of pyridine rings is 1. The number of hydrogen-bond donors (Lipinski definition) is 3. The van der Waals surface area contributed by atoms with Gasteiger partial charge in [0.2, 0.25) is 33.6 Å². The van der Waals surface area contributed by atoms with E-state index in [-0.39, 0.29) is 48.4 Å². The van der Waals surface area contributed by atoms with Gasteiger partial charge in [0.05, 0.1) is 18.4 Å². The Bertz CT molecular complexity index is 2070. The van der Waals surface area contributed by atoms with E-state index in [0.717, 1.165) is 4.90 Å². The molecule has 318 valence electrons. The van der Waals surface area contributed by atoms with E-state index in [2.05, 4.69) is 15.0 Å². The SMILES string of the molecule is CCCOc1cc2c(Cl)cccc2c(O[C@@H]2C[C@H]3C(=O)N[C@]4(C(=O)NS(=O)(=O)C5CC5)C[C@H]4/C=C\CC[C@@H](C)C[C@@H](C)[C@H](N(C(=O)O)[C@H](C)C(F)(F)F)C(=O)N3C2)n1. The van der Waals surface area contributed by atoms with Gasteiger partial charge < -0.3 is 24.8 Å². The first-order valence-corrected chi connectivity index (χ1v) is 21.5. The van der Waals surface area contributed by atoms with Crippen LogP contribution in [0.4, 0.5) is 18.0 Å². The molecule has 6 rings (SSSR count). The van der Waals surface area contributed by atoms with Crippen LogP contribution in [-0.2, 0) is 24.4 Å². The summed E-state index contributed by atoms with van der Waals surface area (Å²) in [5, 5.41) is 13.7. The van der Waals surface area contributed by atoms with E-state index in [0.29, 0.717) is 61.4 Å². The van der Waals surface area contributed by atoms with Gasteiger partial charge in [-0.15, -0.1) is 0 Å². The molecule has 2 saturated carbocycles. The number of rotatable bonds is 10. The minimum Gasteiger partial charge on any atom is -0.478 e. The Morgan fingerprint density at radius 3 is 2.55 bits per heavy atom. The Balaban J connectivity index is 1.42. The number of amides is 4. The number of hydrogen-bond acceptors (Lipinski definition) is 9. The number of sulfonamides is 1. The van der Waals surface area contributed by atoms with Crippen LogP contribution in [0, 0.1) is 17.8 Å². The number of halogens is 4. The van der Waals surface area contributed by atoms with Gasteiger partial charge in [0.1, 0.15) is 29.8 Å². The van der Waals surface area contributed by atoms with Crippen LogP contribution in [0.2, 0.25) is 5.02 Å². The number of ether oxygens (including phenoxy) is 2. The molecule has 8 atom stereocenters. The van der Waals surface area contributed by atoms with Gasteiger partial charge in [0.25, 0.3) is 5.91 Å². The van der Waals surface area contributed by atoms with Crippen LogP contribution in [0.5, 0.6) is 11.8 Å². The molecule has 2 aliphatic heterocycles. The molecule has 1 saturated heterocycles. The summed E-state index contributed by atoms with van der Waals surface area (Å²) in [7, 11) is -4.03. The number of carbonyl (C=O) groups excluding carboxylic acids is 3. The number of benzene rings is 1. The van der Waals surface area contributed by atoms with E-state index in [1.165, 1.54) is 6.92 Å². The van der Waals surface area contributed by atoms with Crippen molar-refractivity contribution in [2.45, 2.75) is 120 Å². The van der Waals surface area contributed by atoms with E-state index in [4.69, 9.17) is 21.1 Å². The van der Waals surface area contributed by atoms with Crippen molar-refractivity contribution in [3.8, 4) is 11.8 Å². The highest BCUT2D eigenvalue weighted by Crippen LogP contribution is 2.46. The molecule has 2 aromatic rings. The number of fused-ring (bicyclic) bond motifs is 3. The Hall–Kier alpha value is -4.32. The van der Waals surface area contributed by atoms with Gasteiger partial charge in [-0.2, -0.15) is 18.2 Å². The van der Waals surface area contributed by atoms with Crippen molar-refractivity contribution < 1.29 is 55.3 Å². The smallest absolute Gasteiger partial charge is 0.408 e. The highest BCUT2D eigenvalue weighted by Gasteiger charge is 2.62. The topological polar surface area (TPSA) is 185 Å². The summed E-state index contributed by atoms with van der Waals surface area (Å²) in [6.45, 7) is 5.86. The van der Waals surface area contributed by atoms with E-state index in [9.17, 15) is 45.9 Å². The Kier molecular flexibility index (Phi) is 12.5. The van der Waals surface area contributed by atoms with Crippen LogP contribution < -0.4 is 19.5 Å². The Morgan fingerprint density at radius 1 is 1.17 bits per heavy atom. The molecule has 1 aromatic heterocycles. The minimum atomic E-state index is -5.04.